The summed E-state index contributed by atoms with van der Waals surface area (Å²) in [4.78, 5) is 35.5. The number of urea groups is 1. The van der Waals surface area contributed by atoms with Crippen molar-refractivity contribution in [2.75, 3.05) is 24.5 Å². The summed E-state index contributed by atoms with van der Waals surface area (Å²) in [6.07, 6.45) is 3.62. The number of hydrogen-bond donors (Lipinski definition) is 1. The molecule has 1 N–H and O–H groups in total. The molecule has 1 atom stereocenters. The van der Waals surface area contributed by atoms with Crippen molar-refractivity contribution in [1.29, 1.82) is 0 Å². The first-order chi connectivity index (χ1) is 16.5. The molecule has 1 unspecified atom stereocenters. The number of carbonyl (C=O) groups excluding carboxylic acids is 2. The van der Waals surface area contributed by atoms with Gasteiger partial charge in [-0.15, -0.1) is 11.3 Å². The number of amides is 3. The van der Waals surface area contributed by atoms with E-state index < -0.39 is 0 Å². The van der Waals surface area contributed by atoms with Crippen LogP contribution in [0.5, 0.6) is 0 Å². The molecule has 2 aliphatic rings. The molecule has 3 heterocycles. The second-order valence-electron chi connectivity index (χ2n) is 8.78. The Hall–Kier alpha value is -3.26. The van der Waals surface area contributed by atoms with Crippen molar-refractivity contribution in [2.24, 2.45) is 0 Å². The first kappa shape index (κ1) is 22.5. The topological polar surface area (TPSA) is 65.5 Å². The van der Waals surface area contributed by atoms with Crippen molar-refractivity contribution >= 4 is 29.0 Å². The maximum atomic E-state index is 13.6. The van der Waals surface area contributed by atoms with Gasteiger partial charge in [0, 0.05) is 31.4 Å². The zero-order valence-electron chi connectivity index (χ0n) is 19.1. The SMILES string of the molecule is Cc1nc(C(=O)N2CCCCC2CNC(=O)N2CCc3ccccc32)c(-c2ccc(F)cc2)s1. The first-order valence-electron chi connectivity index (χ1n) is 11.7. The number of aromatic nitrogens is 1. The molecule has 5 rings (SSSR count). The molecule has 1 aromatic heterocycles. The third-order valence-corrected chi connectivity index (χ3v) is 7.57. The molecule has 0 radical (unpaired) electrons. The molecular formula is C26H27FN4O2S. The molecule has 3 aromatic rings. The Morgan fingerprint density at radius 3 is 2.74 bits per heavy atom. The van der Waals surface area contributed by atoms with Crippen molar-refractivity contribution in [3.63, 3.8) is 0 Å². The molecule has 0 aliphatic carbocycles. The Morgan fingerprint density at radius 1 is 1.12 bits per heavy atom. The van der Waals surface area contributed by atoms with Gasteiger partial charge in [0.15, 0.2) is 0 Å². The van der Waals surface area contributed by atoms with Crippen LogP contribution < -0.4 is 10.2 Å². The van der Waals surface area contributed by atoms with Gasteiger partial charge in [0.1, 0.15) is 11.5 Å². The Bertz CT molecular complexity index is 1210. The maximum Gasteiger partial charge on any atom is 0.321 e. The van der Waals surface area contributed by atoms with E-state index in [9.17, 15) is 14.0 Å². The van der Waals surface area contributed by atoms with Crippen LogP contribution in [0.25, 0.3) is 10.4 Å². The van der Waals surface area contributed by atoms with Crippen LogP contribution in [-0.4, -0.2) is 47.5 Å². The van der Waals surface area contributed by atoms with E-state index in [-0.39, 0.29) is 23.8 Å². The van der Waals surface area contributed by atoms with E-state index in [2.05, 4.69) is 16.4 Å². The summed E-state index contributed by atoms with van der Waals surface area (Å²) in [5.74, 6) is -0.445. The van der Waals surface area contributed by atoms with Crippen molar-refractivity contribution in [3.8, 4) is 10.4 Å². The number of hydrogen-bond acceptors (Lipinski definition) is 4. The highest BCUT2D eigenvalue weighted by molar-refractivity contribution is 7.15. The van der Waals surface area contributed by atoms with Crippen molar-refractivity contribution in [1.82, 2.24) is 15.2 Å². The van der Waals surface area contributed by atoms with Gasteiger partial charge in [-0.2, -0.15) is 0 Å². The van der Waals surface area contributed by atoms with E-state index in [1.165, 1.54) is 29.0 Å². The minimum atomic E-state index is -0.315. The molecule has 2 aliphatic heterocycles. The number of halogens is 1. The summed E-state index contributed by atoms with van der Waals surface area (Å²) in [6.45, 7) is 3.57. The molecule has 0 saturated carbocycles. The minimum Gasteiger partial charge on any atom is -0.336 e. The van der Waals surface area contributed by atoms with Crippen LogP contribution in [-0.2, 0) is 6.42 Å². The number of anilines is 1. The van der Waals surface area contributed by atoms with Gasteiger partial charge in [0.2, 0.25) is 0 Å². The van der Waals surface area contributed by atoms with E-state index >= 15 is 0 Å². The van der Waals surface area contributed by atoms with Crippen LogP contribution in [0.2, 0.25) is 0 Å². The van der Waals surface area contributed by atoms with E-state index in [4.69, 9.17) is 0 Å². The monoisotopic (exact) mass is 478 g/mol. The number of benzene rings is 2. The number of fused-ring (bicyclic) bond motifs is 1. The molecule has 1 saturated heterocycles. The molecular weight excluding hydrogens is 451 g/mol. The second-order valence-corrected chi connectivity index (χ2v) is 9.99. The van der Waals surface area contributed by atoms with Gasteiger partial charge in [-0.05, 0) is 61.9 Å². The van der Waals surface area contributed by atoms with Crippen LogP contribution in [0.4, 0.5) is 14.9 Å². The van der Waals surface area contributed by atoms with Crippen LogP contribution in [0.1, 0.15) is 40.3 Å². The van der Waals surface area contributed by atoms with Gasteiger partial charge in [-0.3, -0.25) is 9.69 Å². The quantitative estimate of drug-likeness (QED) is 0.572. The van der Waals surface area contributed by atoms with E-state index in [0.29, 0.717) is 25.3 Å². The molecule has 8 heteroatoms. The number of piperidine rings is 1. The number of para-hydroxylation sites is 1. The fourth-order valence-electron chi connectivity index (χ4n) is 4.83. The molecule has 176 valence electrons. The number of aryl methyl sites for hydroxylation is 1. The van der Waals surface area contributed by atoms with Crippen LogP contribution >= 0.6 is 11.3 Å². The lowest BCUT2D eigenvalue weighted by Gasteiger charge is -2.36. The van der Waals surface area contributed by atoms with E-state index in [0.717, 1.165) is 46.8 Å². The molecule has 3 amide bonds. The number of carbonyl (C=O) groups is 2. The Kier molecular flexibility index (Phi) is 6.32. The number of nitrogens with zero attached hydrogens (tertiary/aromatic N) is 3. The highest BCUT2D eigenvalue weighted by atomic mass is 32.1. The predicted molar refractivity (Wildman–Crippen MR) is 132 cm³/mol. The highest BCUT2D eigenvalue weighted by Gasteiger charge is 2.32. The molecule has 0 spiro atoms. The lowest BCUT2D eigenvalue weighted by atomic mass is 10.0. The lowest BCUT2D eigenvalue weighted by molar-refractivity contribution is 0.0610. The van der Waals surface area contributed by atoms with E-state index in [1.807, 2.05) is 30.0 Å². The Morgan fingerprint density at radius 2 is 1.91 bits per heavy atom. The van der Waals surface area contributed by atoms with Gasteiger partial charge in [0.05, 0.1) is 9.88 Å². The van der Waals surface area contributed by atoms with Crippen molar-refractivity contribution in [2.45, 2.75) is 38.6 Å². The number of likely N-dealkylation sites (tertiary alicyclic amines) is 1. The third kappa shape index (κ3) is 4.42. The van der Waals surface area contributed by atoms with Gasteiger partial charge >= 0.3 is 6.03 Å². The average molecular weight is 479 g/mol. The maximum absolute atomic E-state index is 13.6. The van der Waals surface area contributed by atoms with E-state index in [1.54, 1.807) is 17.0 Å². The van der Waals surface area contributed by atoms with Gasteiger partial charge in [0.25, 0.3) is 5.91 Å². The Balaban J connectivity index is 1.31. The van der Waals surface area contributed by atoms with Crippen LogP contribution in [0.3, 0.4) is 0 Å². The predicted octanol–water partition coefficient (Wildman–Crippen LogP) is 5.02. The smallest absolute Gasteiger partial charge is 0.321 e. The first-order valence-corrected chi connectivity index (χ1v) is 12.5. The summed E-state index contributed by atoms with van der Waals surface area (Å²) in [5.41, 5.74) is 3.32. The zero-order valence-corrected chi connectivity index (χ0v) is 19.9. The number of thiazole rings is 1. The molecule has 2 aromatic carbocycles. The molecule has 6 nitrogen and oxygen atoms in total. The number of rotatable bonds is 4. The largest absolute Gasteiger partial charge is 0.336 e. The normalized spacial score (nSPS) is 17.5. The van der Waals surface area contributed by atoms with Crippen molar-refractivity contribution in [3.05, 3.63) is 70.6 Å². The van der Waals surface area contributed by atoms with Crippen LogP contribution in [0, 0.1) is 12.7 Å². The summed E-state index contributed by atoms with van der Waals surface area (Å²) in [7, 11) is 0. The lowest BCUT2D eigenvalue weighted by Crippen LogP contribution is -2.51. The summed E-state index contributed by atoms with van der Waals surface area (Å²) in [5, 5.41) is 3.85. The second kappa shape index (κ2) is 9.54. The standard InChI is InChI=1S/C26H27FN4O2S/c1-17-29-23(24(34-17)19-9-11-20(27)12-10-19)25(32)30-14-5-4-7-21(30)16-28-26(33)31-15-13-18-6-2-3-8-22(18)31/h2-3,6,8-12,21H,4-5,7,13-16H2,1H3,(H,28,33). The molecule has 1 fully saturated rings. The van der Waals surface area contributed by atoms with Gasteiger partial charge < -0.3 is 10.2 Å². The van der Waals surface area contributed by atoms with Crippen molar-refractivity contribution < 1.29 is 14.0 Å². The third-order valence-electron chi connectivity index (χ3n) is 6.55. The zero-order chi connectivity index (χ0) is 23.7. The fourth-order valence-corrected chi connectivity index (χ4v) is 5.75. The molecule has 0 bridgehead atoms. The Labute approximate surface area is 202 Å². The summed E-state index contributed by atoms with van der Waals surface area (Å²) < 4.78 is 13.4. The molecule has 34 heavy (non-hydrogen) atoms. The van der Waals surface area contributed by atoms with Crippen LogP contribution in [0.15, 0.2) is 48.5 Å². The van der Waals surface area contributed by atoms with Gasteiger partial charge in [-0.1, -0.05) is 30.3 Å². The number of nitrogens with one attached hydrogen (secondary N) is 1. The summed E-state index contributed by atoms with van der Waals surface area (Å²) >= 11 is 1.44. The highest BCUT2D eigenvalue weighted by Crippen LogP contribution is 2.32. The van der Waals surface area contributed by atoms with Gasteiger partial charge in [-0.25, -0.2) is 14.2 Å². The fraction of sp³-hybridized carbons (Fsp3) is 0.346. The summed E-state index contributed by atoms with van der Waals surface area (Å²) in [6, 6.07) is 13.9. The minimum absolute atomic E-state index is 0.0916. The average Bonchev–Trinajstić information content (AvgIpc) is 3.46.